The number of fused-ring (bicyclic) bond motifs is 4. The molecular formula is C51H62Cl4N6O7. The van der Waals surface area contributed by atoms with E-state index in [1.165, 1.54) is 0 Å². The smallest absolute Gasteiger partial charge is 0.410 e. The second-order valence-corrected chi connectivity index (χ2v) is 23.1. The lowest BCUT2D eigenvalue weighted by atomic mass is 9.95. The van der Waals surface area contributed by atoms with Gasteiger partial charge in [0.2, 0.25) is 6.41 Å². The number of benzene rings is 2. The lowest BCUT2D eigenvalue weighted by molar-refractivity contribution is -0.122. The molecule has 2 aliphatic carbocycles. The molecule has 68 heavy (non-hydrogen) atoms. The molecule has 17 heteroatoms. The van der Waals surface area contributed by atoms with E-state index in [2.05, 4.69) is 15.6 Å². The molecule has 4 aromatic rings. The molecule has 0 radical (unpaired) electrons. The van der Waals surface area contributed by atoms with Crippen LogP contribution >= 0.6 is 46.4 Å². The van der Waals surface area contributed by atoms with E-state index in [4.69, 9.17) is 64.9 Å². The highest BCUT2D eigenvalue weighted by Gasteiger charge is 2.48. The summed E-state index contributed by atoms with van der Waals surface area (Å²) in [6.45, 7) is 12.4. The molecule has 4 atom stereocenters. The Kier molecular flexibility index (Phi) is 14.2. The lowest BCUT2D eigenvalue weighted by Gasteiger charge is -2.42. The van der Waals surface area contributed by atoms with Gasteiger partial charge in [-0.3, -0.25) is 4.79 Å². The molecule has 2 aromatic carbocycles. The van der Waals surface area contributed by atoms with Crippen molar-refractivity contribution in [3.8, 4) is 22.5 Å². The van der Waals surface area contributed by atoms with E-state index in [9.17, 15) is 14.4 Å². The summed E-state index contributed by atoms with van der Waals surface area (Å²) in [4.78, 5) is 43.7. The summed E-state index contributed by atoms with van der Waals surface area (Å²) in [5.74, 6) is 2.50. The highest BCUT2D eigenvalue weighted by Crippen LogP contribution is 2.48. The van der Waals surface area contributed by atoms with Crippen LogP contribution in [0, 0.1) is 0 Å². The van der Waals surface area contributed by atoms with Crippen LogP contribution in [0.5, 0.6) is 0 Å². The second-order valence-electron chi connectivity index (χ2n) is 21.5. The normalized spacial score (nSPS) is 24.4. The number of hydrogen-bond donors (Lipinski definition) is 1. The fourth-order valence-corrected chi connectivity index (χ4v) is 12.0. The summed E-state index contributed by atoms with van der Waals surface area (Å²) in [6, 6.07) is 11.8. The van der Waals surface area contributed by atoms with Gasteiger partial charge in [-0.2, -0.15) is 0 Å². The van der Waals surface area contributed by atoms with Crippen molar-refractivity contribution in [1.29, 1.82) is 0 Å². The minimum absolute atomic E-state index is 0.0141. The Morgan fingerprint density at radius 3 is 1.46 bits per heavy atom. The largest absolute Gasteiger partial charge is 0.444 e. The number of hydrogen-bond acceptors (Lipinski definition) is 10. The van der Waals surface area contributed by atoms with Crippen LogP contribution in [-0.2, 0) is 27.4 Å². The maximum atomic E-state index is 12.8. The van der Waals surface area contributed by atoms with Gasteiger partial charge in [-0.05, 0) is 143 Å². The number of nitrogens with one attached hydrogen (secondary N) is 1. The molecule has 2 saturated carbocycles. The number of rotatable bonds is 11. The molecule has 0 spiro atoms. The summed E-state index contributed by atoms with van der Waals surface area (Å²) in [5.41, 5.74) is 3.60. The Morgan fingerprint density at radius 1 is 0.662 bits per heavy atom. The average molecular weight is 1010 g/mol. The quantitative estimate of drug-likeness (QED) is 0.144. The molecule has 6 aliphatic rings. The van der Waals surface area contributed by atoms with Gasteiger partial charge in [0.1, 0.15) is 34.1 Å². The molecule has 6 fully saturated rings. The monoisotopic (exact) mass is 1010 g/mol. The van der Waals surface area contributed by atoms with Crippen LogP contribution in [0.4, 0.5) is 9.59 Å². The SMILES string of the molecule is CC(C)(C)OC(=O)N1C2CCC1CC(N(C=O)Cc1c(-c3c(Cl)cccc3Cl)noc1C1CC1)C2.CC(C)(C)OC(=O)N1C2CCC1CC(NCc1c(-c3c(Cl)cccc3Cl)noc1C1CC1)C2. The number of halogens is 4. The van der Waals surface area contributed by atoms with E-state index >= 15 is 0 Å². The first-order chi connectivity index (χ1) is 32.4. The molecule has 1 N–H and O–H groups in total. The topological polar surface area (TPSA) is 143 Å². The summed E-state index contributed by atoms with van der Waals surface area (Å²) in [6.07, 6.45) is 12.0. The highest BCUT2D eigenvalue weighted by atomic mass is 35.5. The highest BCUT2D eigenvalue weighted by molar-refractivity contribution is 6.39. The zero-order chi connectivity index (χ0) is 48.2. The van der Waals surface area contributed by atoms with Gasteiger partial charge in [-0.1, -0.05) is 68.8 Å². The van der Waals surface area contributed by atoms with E-state index < -0.39 is 11.2 Å². The van der Waals surface area contributed by atoms with Crippen LogP contribution in [0.1, 0.15) is 153 Å². The Balaban J connectivity index is 0.000000170. The van der Waals surface area contributed by atoms with Gasteiger partial charge in [0.15, 0.2) is 0 Å². The van der Waals surface area contributed by atoms with Crippen molar-refractivity contribution < 1.29 is 32.9 Å². The van der Waals surface area contributed by atoms with Crippen LogP contribution in [0.2, 0.25) is 20.1 Å². The number of carbonyl (C=O) groups excluding carboxylic acids is 3. The van der Waals surface area contributed by atoms with Crippen molar-refractivity contribution in [3.05, 3.63) is 79.1 Å². The number of aromatic nitrogens is 2. The van der Waals surface area contributed by atoms with Crippen molar-refractivity contribution in [1.82, 2.24) is 30.3 Å². The molecule has 366 valence electrons. The first-order valence-corrected chi connectivity index (χ1v) is 25.7. The van der Waals surface area contributed by atoms with Gasteiger partial charge in [0.25, 0.3) is 0 Å². The molecule has 6 heterocycles. The third-order valence-corrected chi connectivity index (χ3v) is 15.4. The molecular weight excluding hydrogens is 950 g/mol. The third kappa shape index (κ3) is 10.7. The van der Waals surface area contributed by atoms with Crippen molar-refractivity contribution in [3.63, 3.8) is 0 Å². The Hall–Kier alpha value is -4.01. The Labute approximate surface area is 418 Å². The first kappa shape index (κ1) is 49.0. The fourth-order valence-electron chi connectivity index (χ4n) is 10.8. The predicted octanol–water partition coefficient (Wildman–Crippen LogP) is 13.0. The van der Waals surface area contributed by atoms with Gasteiger partial charge in [-0.15, -0.1) is 0 Å². The molecule has 13 nitrogen and oxygen atoms in total. The van der Waals surface area contributed by atoms with Crippen LogP contribution in [0.3, 0.4) is 0 Å². The van der Waals surface area contributed by atoms with E-state index in [0.717, 1.165) is 117 Å². The van der Waals surface area contributed by atoms with E-state index in [1.54, 1.807) is 18.2 Å². The van der Waals surface area contributed by atoms with Gasteiger partial charge >= 0.3 is 12.2 Å². The molecule has 4 bridgehead atoms. The van der Waals surface area contributed by atoms with Gasteiger partial charge in [0.05, 0.1) is 26.6 Å². The summed E-state index contributed by atoms with van der Waals surface area (Å²) < 4.78 is 22.9. The fraction of sp³-hybridized carbons (Fsp3) is 0.588. The van der Waals surface area contributed by atoms with E-state index in [0.29, 0.717) is 62.3 Å². The van der Waals surface area contributed by atoms with E-state index in [1.807, 2.05) is 74.4 Å². The zero-order valence-electron chi connectivity index (χ0n) is 39.7. The molecule has 10 rings (SSSR count). The Morgan fingerprint density at radius 2 is 1.06 bits per heavy atom. The summed E-state index contributed by atoms with van der Waals surface area (Å²) in [7, 11) is 0. The number of carbonyl (C=O) groups is 3. The maximum absolute atomic E-state index is 12.8. The second kappa shape index (κ2) is 19.6. The lowest BCUT2D eigenvalue weighted by Crippen LogP contribution is -2.53. The maximum Gasteiger partial charge on any atom is 0.410 e. The number of nitrogens with zero attached hydrogens (tertiary/aromatic N) is 5. The van der Waals surface area contributed by atoms with Crippen LogP contribution < -0.4 is 5.32 Å². The molecule has 4 unspecified atom stereocenters. The summed E-state index contributed by atoms with van der Waals surface area (Å²) >= 11 is 26.0. The van der Waals surface area contributed by atoms with Crippen molar-refractivity contribution >= 4 is 65.0 Å². The van der Waals surface area contributed by atoms with Crippen LogP contribution in [0.15, 0.2) is 45.4 Å². The van der Waals surface area contributed by atoms with Crippen LogP contribution in [0.25, 0.3) is 22.5 Å². The Bertz CT molecular complexity index is 2440. The zero-order valence-corrected chi connectivity index (χ0v) is 42.7. The molecule has 4 aliphatic heterocycles. The number of ether oxygens (including phenoxy) is 2. The average Bonchev–Trinajstić information content (AvgIpc) is 4.17. The molecule has 3 amide bonds. The van der Waals surface area contributed by atoms with Gasteiger partial charge in [-0.25, -0.2) is 9.59 Å². The third-order valence-electron chi connectivity index (χ3n) is 14.1. The van der Waals surface area contributed by atoms with Gasteiger partial charge in [0, 0.05) is 76.9 Å². The number of amides is 3. The molecule has 2 aromatic heterocycles. The van der Waals surface area contributed by atoms with Crippen molar-refractivity contribution in [2.24, 2.45) is 0 Å². The van der Waals surface area contributed by atoms with Crippen molar-refractivity contribution in [2.75, 3.05) is 0 Å². The standard InChI is InChI=1S/C26H31Cl2N3O4.C25H31Cl2N3O3/c1-26(2,3)34-25(33)31-16-9-10-17(31)12-18(11-16)30(14-32)13-19-23(29-35-24(19)15-7-8-15)22-20(27)5-4-6-21(22)28;1-25(2,3)32-24(31)30-16-9-10-17(30)12-15(11-16)28-13-18-22(29-33-23(18)14-7-8-14)21-19(26)5-4-6-20(21)27/h4-6,14-18H,7-13H2,1-3H3;4-6,14-17,28H,7-13H2,1-3H3. The first-order valence-electron chi connectivity index (χ1n) is 24.2. The minimum Gasteiger partial charge on any atom is -0.444 e. The van der Waals surface area contributed by atoms with E-state index in [-0.39, 0.29) is 42.4 Å². The number of piperidine rings is 2. The van der Waals surface area contributed by atoms with Crippen molar-refractivity contribution in [2.45, 2.75) is 191 Å². The minimum atomic E-state index is -0.536. The predicted molar refractivity (Wildman–Crippen MR) is 262 cm³/mol. The van der Waals surface area contributed by atoms with Crippen LogP contribution in [-0.4, -0.2) is 91.1 Å². The summed E-state index contributed by atoms with van der Waals surface area (Å²) in [5, 5.41) is 14.6. The molecule has 4 saturated heterocycles. The van der Waals surface area contributed by atoms with Gasteiger partial charge < -0.3 is 38.5 Å².